The Morgan fingerprint density at radius 1 is 0.686 bits per heavy atom. The zero-order chi connectivity index (χ0) is 155. The molecular formula is C54H152N12O4. The third-order valence-electron chi connectivity index (χ3n) is 15.2. The minimum absolute atomic E-state index is 0.0322. The highest BCUT2D eigenvalue weighted by Gasteiger charge is 2.52. The maximum absolute atomic E-state index is 12.8. The molecule has 4 aliphatic rings. The number of fused-ring (bicyclic) bond motifs is 8. The molecule has 6 aromatic heterocycles. The number of hydrogen-bond donors (Lipinski definition) is 1. The van der Waals surface area contributed by atoms with Crippen molar-refractivity contribution in [3.63, 3.8) is 0 Å². The molecule has 6 heterocycles. The van der Waals surface area contributed by atoms with Gasteiger partial charge >= 0.3 is 0 Å². The van der Waals surface area contributed by atoms with E-state index in [0.29, 0.717) is 65.0 Å². The van der Waals surface area contributed by atoms with Crippen molar-refractivity contribution in [2.45, 2.75) is 84.5 Å². The number of Topliss-reactive ketones (excluding diaryl/α,β-unsaturated/α-hetero) is 1. The van der Waals surface area contributed by atoms with Crippen LogP contribution in [0.1, 0.15) is 239 Å². The van der Waals surface area contributed by atoms with Crippen LogP contribution in [0.2, 0.25) is 0 Å². The van der Waals surface area contributed by atoms with Crippen LogP contribution in [0.5, 0.6) is 0 Å². The van der Waals surface area contributed by atoms with Gasteiger partial charge in [0.25, 0.3) is 0 Å². The molecule has 452 valence electrons. The average Bonchev–Trinajstić information content (AvgIpc) is 0.985. The first kappa shape index (κ1) is 14.6. The molecule has 16 heteroatoms. The minimum atomic E-state index is -0.602. The first-order chi connectivity index (χ1) is 86.8. The van der Waals surface area contributed by atoms with E-state index in [1.807, 2.05) is 80.6 Å². The average molecular weight is 1250 g/mol. The van der Waals surface area contributed by atoms with Gasteiger partial charge in [0.1, 0.15) is 11.4 Å². The number of aryl methyl sites for hydroxylation is 2. The van der Waals surface area contributed by atoms with E-state index in [9.17, 15) is 9.90 Å². The summed E-state index contributed by atoms with van der Waals surface area (Å²) < 4.78 is 541. The summed E-state index contributed by atoms with van der Waals surface area (Å²) >= 11 is 0. The van der Waals surface area contributed by atoms with Gasteiger partial charge in [-0.25, -0.2) is 29.6 Å². The first-order valence-corrected chi connectivity index (χ1v) is 23.4. The highest BCUT2D eigenvalue weighted by molar-refractivity contribution is 6.00. The molecule has 8 aromatic rings. The number of benzene rings is 2. The normalized spacial score (nSPS) is 29.5. The van der Waals surface area contributed by atoms with Crippen molar-refractivity contribution in [3.8, 4) is 45.8 Å². The molecule has 0 aliphatic heterocycles. The van der Waals surface area contributed by atoms with E-state index in [1.165, 1.54) is 0 Å². The molecule has 0 bridgehead atoms. The Balaban J connectivity index is -0.0000000283. The number of allylic oxidation sites excluding steroid dienone is 4. The largest absolute Gasteiger partial charge is 0.523 e. The Morgan fingerprint density at radius 3 is 1.74 bits per heavy atom. The molecule has 0 unspecified atom stereocenters. The molecule has 16 nitrogen and oxygen atoms in total. The van der Waals surface area contributed by atoms with Gasteiger partial charge in [-0.2, -0.15) is 9.97 Å². The standard InChI is InChI=1S/C27H24N6O2.C27H22N6O2.53H2/c2*1-14-19-10-9-18-22(26-30-15(2)35-33-26)31-25(17-11-12-29-20-8-6-5-7-16(17)20)32-24(18)27(19,3)13-21(28-4)23(14)34;;;;;;;;;;;;;;;;;;;;;;;;;;;;;;;;;;;;;;;;;;;;;;;;;;;;;/h5-8,11-12,14,19,34H,9-10,13H2,1-3H3;5-8,11-14,19H,9-10H2,1-3H3;53*1H/t2*14-,19-,27-;;;;;;;;;;;;;;;;;;;;;;;;;;;;;;;;;;;;;;;;;;;;;;;;;;;;;/m11...................................................../s1/i;;53*1+2T. The summed E-state index contributed by atoms with van der Waals surface area (Å²) in [4.78, 5) is 58.3. The quantitative estimate of drug-likeness (QED) is 0.163. The van der Waals surface area contributed by atoms with Crippen molar-refractivity contribution in [3.05, 3.63) is 153 Å². The fourth-order valence-corrected chi connectivity index (χ4v) is 11.7. The van der Waals surface area contributed by atoms with Crippen LogP contribution in [0.25, 0.3) is 77.3 Å². The van der Waals surface area contributed by atoms with Crippen LogP contribution in [0.3, 0.4) is 0 Å². The van der Waals surface area contributed by atoms with Gasteiger partial charge in [0.05, 0.1) is 41.3 Å². The van der Waals surface area contributed by atoms with Gasteiger partial charge in [0.2, 0.25) is 34.8 Å². The Labute approximate surface area is 566 Å². The minimum Gasteiger partial charge on any atom is -0.523 e. The van der Waals surface area contributed by atoms with E-state index in [4.69, 9.17) is 200 Å². The van der Waals surface area contributed by atoms with Gasteiger partial charge in [0.15, 0.2) is 17.4 Å². The zero-order valence-electron chi connectivity index (χ0n) is 145. The van der Waals surface area contributed by atoms with Crippen LogP contribution in [0, 0.1) is 50.7 Å². The highest BCUT2D eigenvalue weighted by Crippen LogP contribution is 2.55. The van der Waals surface area contributed by atoms with Crippen LogP contribution in [-0.4, -0.2) is 61.1 Å². The van der Waals surface area contributed by atoms with Crippen molar-refractivity contribution in [1.29, 1.82) is 0 Å². The molecule has 6 atom stereocenters. The number of ketones is 1. The summed E-state index contributed by atoms with van der Waals surface area (Å²) in [6.07, 6.45) is 8.83. The van der Waals surface area contributed by atoms with Gasteiger partial charge in [-0.1, -0.05) is 80.5 Å². The summed E-state index contributed by atoms with van der Waals surface area (Å²) in [7, 11) is 0. The number of aliphatic hydroxyl groups excluding tert-OH is 1. The number of carbonyl (C=O) groups is 1. The lowest BCUT2D eigenvalue weighted by Gasteiger charge is -2.48. The lowest BCUT2D eigenvalue weighted by atomic mass is 9.57. The molecule has 0 spiro atoms. The number of nitrogens with zero attached hydrogens (tertiary/aromatic N) is 12. The van der Waals surface area contributed by atoms with Crippen molar-refractivity contribution in [1.82, 2.24) is 50.2 Å². The molecule has 4 aliphatic carbocycles. The number of carbonyl (C=O) groups excluding carboxylic acids is 1. The molecule has 70 heavy (non-hydrogen) atoms. The monoisotopic (exact) mass is 1250 g/mol. The highest BCUT2D eigenvalue weighted by atomic mass is 16.5. The van der Waals surface area contributed by atoms with Gasteiger partial charge < -0.3 is 18.9 Å². The van der Waals surface area contributed by atoms with E-state index in [1.54, 1.807) is 26.2 Å². The third-order valence-corrected chi connectivity index (χ3v) is 15.2. The summed E-state index contributed by atoms with van der Waals surface area (Å²) in [5, 5.41) is 21.0. The summed E-state index contributed by atoms with van der Waals surface area (Å²) in [6.45, 7) is 27.0. The number of aromatic nitrogens is 10. The number of hydrogen-bond acceptors (Lipinski definition) is 14. The van der Waals surface area contributed by atoms with E-state index in [0.717, 1.165) is 74.7 Å². The van der Waals surface area contributed by atoms with Crippen LogP contribution in [0.4, 0.5) is 0 Å². The van der Waals surface area contributed by atoms with Gasteiger partial charge in [-0.3, -0.25) is 9.97 Å². The van der Waals surface area contributed by atoms with Crippen LogP contribution >= 0.6 is 0 Å². The Morgan fingerprint density at radius 2 is 1.21 bits per heavy atom. The molecule has 0 fully saturated rings. The smallest absolute Gasteiger partial charge is 0.226 e. The molecule has 0 saturated heterocycles. The lowest BCUT2D eigenvalue weighted by molar-refractivity contribution is -0.121. The van der Waals surface area contributed by atoms with E-state index < -0.39 is 10.8 Å². The second-order valence-corrected chi connectivity index (χ2v) is 19.2. The topological polar surface area (TPSA) is 201 Å². The Hall–Kier alpha value is -8.37. The maximum Gasteiger partial charge on any atom is 0.226 e. The number of aliphatic hydroxyl groups is 1. The molecule has 12 rings (SSSR count). The lowest BCUT2D eigenvalue weighted by Crippen LogP contribution is -2.46. The van der Waals surface area contributed by atoms with E-state index in [-0.39, 0.29) is 40.9 Å². The second kappa shape index (κ2) is 16.7. The Kier molecular flexibility index (Phi) is 3.48. The van der Waals surface area contributed by atoms with Crippen LogP contribution in [0.15, 0.2) is 105 Å². The molecule has 0 amide bonds. The molecule has 2 aromatic carbocycles. The molecule has 1 N–H and O–H groups in total. The second-order valence-electron chi connectivity index (χ2n) is 19.2. The Bertz CT molecular complexity index is 3800. The zero-order valence-corrected chi connectivity index (χ0v) is 39.4. The predicted molar refractivity (Wildman–Crippen MR) is 371 cm³/mol. The number of rotatable bonds is 4. The predicted octanol–water partition coefficient (Wildman–Crippen LogP) is 23.5. The van der Waals surface area contributed by atoms with Crippen molar-refractivity contribution < 1.29 is 176 Å². The number of para-hydroxylation sites is 2. The maximum atomic E-state index is 12.8. The molecular weight excluding hydrogens is 881 g/mol. The van der Waals surface area contributed by atoms with Crippen molar-refractivity contribution in [2.24, 2.45) is 23.7 Å². The fourth-order valence-electron chi connectivity index (χ4n) is 11.7. The summed E-state index contributed by atoms with van der Waals surface area (Å²) in [5.74, 6) is 2.80. The van der Waals surface area contributed by atoms with Crippen molar-refractivity contribution >= 4 is 27.6 Å². The number of pyridine rings is 2. The molecule has 0 radical (unpaired) electrons. The summed E-state index contributed by atoms with van der Waals surface area (Å²) in [5.41, 5.74) is 7.92. The van der Waals surface area contributed by atoms with Crippen LogP contribution < -0.4 is 0 Å². The van der Waals surface area contributed by atoms with Gasteiger partial charge in [-0.05, 0) is 68.2 Å². The summed E-state index contributed by atoms with van der Waals surface area (Å²) in [6, 6.07) is 19.6. The molecule has 0 saturated carbocycles. The van der Waals surface area contributed by atoms with E-state index >= 15 is 0 Å². The third kappa shape index (κ3) is 6.96. The first-order valence-electron chi connectivity index (χ1n) is 76.4. The van der Waals surface area contributed by atoms with Gasteiger partial charge in [0, 0.05) is 239 Å². The van der Waals surface area contributed by atoms with E-state index in [2.05, 4.69) is 53.8 Å². The van der Waals surface area contributed by atoms with Crippen molar-refractivity contribution in [2.75, 3.05) is 0 Å². The SMILES string of the molecule is [3H][3H].[3H][3H].[3H][3H].[3H][3H].[3H][3H].[3H][3H].[3H][3H].[3H][3H].[3H][3H].[3H][3H].[3H][3H].[3H][3H].[3H][3H].[3H][3H].[3H][3H].[3H][3H].[3H][3H].[3H][3H].[3H][3H].[3H][3H].[3H][3H].[3H][3H].[3H][3H].[3H][3H].[3H][3H].[3H][3H].[3H][3H].[3H][3H].[3H][3H].[3H][3H].[3H][3H].[3H][3H].[3H][3H].[3H][3H].[3H][3H].[3H][3H].[3H][3H].[3H][3H].[3H][3H].[3H][3H].[3H][3H].[3H][3H].[3H][3H].[3H][3H].[3H][3H].[3H][3H].[3H][3H].[3H][3H].[3H][3H].[3H][3H].[3H][3H].[3H][3H].[3H][3H].[C-]#[N+]C1=C(O)[C@H](C)[C@H]2CCc3c(-c4noc(C)n4)nc(-c4ccnc5ccccc45)nc3[C@]2(C)C1.[C-]#[N+]C1=C[C@@]2(C)c3nc(-c4ccnc5ccccc45)nc(-c4noc(C)n4)c3CC[C@@H]2[C@@H](C)C1=O. The van der Waals surface area contributed by atoms with Crippen LogP contribution in [-0.2, 0) is 28.5 Å². The van der Waals surface area contributed by atoms with Gasteiger partial charge in [-0.15, -0.1) is 0 Å². The fraction of sp³-hybridized carbons (Fsp3) is 0.315.